The molecule has 18 heavy (non-hydrogen) atoms. The van der Waals surface area contributed by atoms with Gasteiger partial charge in [0.15, 0.2) is 0 Å². The van der Waals surface area contributed by atoms with Crippen LogP contribution in [0.15, 0.2) is 30.5 Å². The second-order valence-electron chi connectivity index (χ2n) is 3.86. The van der Waals surface area contributed by atoms with Crippen LogP contribution in [0.3, 0.4) is 0 Å². The van der Waals surface area contributed by atoms with E-state index in [1.54, 1.807) is 6.07 Å². The van der Waals surface area contributed by atoms with E-state index in [1.807, 2.05) is 6.07 Å². The van der Waals surface area contributed by atoms with Gasteiger partial charge in [-0.2, -0.15) is 0 Å². The van der Waals surface area contributed by atoms with E-state index >= 15 is 0 Å². The summed E-state index contributed by atoms with van der Waals surface area (Å²) in [5.41, 5.74) is 0.772. The molecule has 1 aromatic heterocycles. The van der Waals surface area contributed by atoms with Crippen molar-refractivity contribution in [2.75, 3.05) is 0 Å². The number of carbonyl (C=O) groups excluding carboxylic acids is 1. The number of aromatic nitrogens is 1. The zero-order valence-corrected chi connectivity index (χ0v) is 10.8. The molecule has 0 radical (unpaired) electrons. The fraction of sp³-hybridized carbons (Fsp3) is 0.0769. The van der Waals surface area contributed by atoms with Crippen LogP contribution >= 0.6 is 0 Å². The number of hydrogen-bond donors (Lipinski definition) is 0. The van der Waals surface area contributed by atoms with Gasteiger partial charge in [-0.1, -0.05) is 0 Å². The Morgan fingerprint density at radius 2 is 2.06 bits per heavy atom. The van der Waals surface area contributed by atoms with Gasteiger partial charge in [0.25, 0.3) is 0 Å². The van der Waals surface area contributed by atoms with E-state index in [0.717, 1.165) is 10.5 Å². The molecule has 3 rings (SSSR count). The monoisotopic (exact) mass is 311 g/mol. The van der Waals surface area contributed by atoms with Gasteiger partial charge in [-0.3, -0.25) is 0 Å². The Balaban J connectivity index is 2.24. The first-order chi connectivity index (χ1) is 8.68. The molecule has 0 spiro atoms. The molecule has 2 nitrogen and oxygen atoms in total. The second-order valence-corrected chi connectivity index (χ2v) is 5.99. The van der Waals surface area contributed by atoms with Crippen molar-refractivity contribution >= 4 is 25.2 Å². The van der Waals surface area contributed by atoms with Gasteiger partial charge in [-0.15, -0.1) is 0 Å². The summed E-state index contributed by atoms with van der Waals surface area (Å²) in [6.07, 6.45) is 1.54. The van der Waals surface area contributed by atoms with E-state index in [9.17, 15) is 13.6 Å². The number of hydrogen-bond acceptors (Lipinski definition) is 2. The zero-order valence-electron chi connectivity index (χ0n) is 9.11. The van der Waals surface area contributed by atoms with Crippen LogP contribution in [0.25, 0.3) is 0 Å². The van der Waals surface area contributed by atoms with E-state index in [-0.39, 0.29) is 31.9 Å². The Kier molecular flexibility index (Phi) is 2.73. The van der Waals surface area contributed by atoms with E-state index < -0.39 is 11.6 Å². The summed E-state index contributed by atoms with van der Waals surface area (Å²) in [4.78, 5) is 16.3. The SMILES string of the molecule is O=C1c2ccc(F)c(F)c2C[Se]c2cccnc21. The van der Waals surface area contributed by atoms with Crippen LogP contribution in [0, 0.1) is 11.6 Å². The molecular formula is C13H7F2NOSe. The third-order valence-electron chi connectivity index (χ3n) is 2.80. The molecule has 0 bridgehead atoms. The van der Waals surface area contributed by atoms with Crippen molar-refractivity contribution in [3.8, 4) is 0 Å². The van der Waals surface area contributed by atoms with Gasteiger partial charge in [-0.25, -0.2) is 0 Å². The minimum atomic E-state index is -0.907. The molecule has 0 unspecified atom stereocenters. The van der Waals surface area contributed by atoms with Gasteiger partial charge in [0.2, 0.25) is 0 Å². The third-order valence-corrected chi connectivity index (χ3v) is 5.05. The van der Waals surface area contributed by atoms with E-state index in [1.165, 1.54) is 12.3 Å². The standard InChI is InChI=1S/C13H7F2NOSe/c14-9-4-3-7-8(11(9)15)6-18-10-2-1-5-16-12(10)13(7)17/h1-5H,6H2. The van der Waals surface area contributed by atoms with Gasteiger partial charge in [0, 0.05) is 0 Å². The molecule has 0 N–H and O–H groups in total. The predicted octanol–water partition coefficient (Wildman–Crippen LogP) is 1.43. The van der Waals surface area contributed by atoms with Gasteiger partial charge in [0.1, 0.15) is 0 Å². The number of ketones is 1. The van der Waals surface area contributed by atoms with Crippen LogP contribution in [0.5, 0.6) is 0 Å². The molecule has 2 aromatic rings. The minimum absolute atomic E-state index is 0.112. The normalized spacial score (nSPS) is 13.8. The quantitative estimate of drug-likeness (QED) is 0.689. The number of halogens is 2. The number of pyridine rings is 1. The topological polar surface area (TPSA) is 30.0 Å². The Morgan fingerprint density at radius 3 is 2.89 bits per heavy atom. The summed E-state index contributed by atoms with van der Waals surface area (Å²) in [6.45, 7) is 0. The molecule has 0 saturated heterocycles. The molecule has 0 amide bonds. The van der Waals surface area contributed by atoms with E-state index in [0.29, 0.717) is 11.0 Å². The summed E-state index contributed by atoms with van der Waals surface area (Å²) in [6, 6.07) is 5.91. The van der Waals surface area contributed by atoms with Gasteiger partial charge in [0.05, 0.1) is 0 Å². The number of fused-ring (bicyclic) bond motifs is 2. The summed E-state index contributed by atoms with van der Waals surface area (Å²) < 4.78 is 27.8. The number of carbonyl (C=O) groups is 1. The Hall–Kier alpha value is -1.58. The van der Waals surface area contributed by atoms with Crippen molar-refractivity contribution in [1.82, 2.24) is 4.98 Å². The molecule has 2 heterocycles. The van der Waals surface area contributed by atoms with Crippen molar-refractivity contribution in [2.24, 2.45) is 0 Å². The van der Waals surface area contributed by atoms with Crippen molar-refractivity contribution in [3.05, 3.63) is 58.9 Å². The van der Waals surface area contributed by atoms with Crippen molar-refractivity contribution in [1.29, 1.82) is 0 Å². The first-order valence-corrected chi connectivity index (χ1v) is 7.34. The van der Waals surface area contributed by atoms with Crippen LogP contribution in [0.4, 0.5) is 8.78 Å². The molecule has 1 aliphatic rings. The molecule has 5 heteroatoms. The Morgan fingerprint density at radius 1 is 1.22 bits per heavy atom. The molecule has 1 aliphatic heterocycles. The van der Waals surface area contributed by atoms with Crippen molar-refractivity contribution < 1.29 is 13.6 Å². The van der Waals surface area contributed by atoms with Crippen LogP contribution in [-0.2, 0) is 5.32 Å². The summed E-state index contributed by atoms with van der Waals surface area (Å²) >= 11 is -0.112. The first kappa shape index (κ1) is 11.5. The van der Waals surface area contributed by atoms with E-state index in [2.05, 4.69) is 4.98 Å². The zero-order chi connectivity index (χ0) is 12.7. The third kappa shape index (κ3) is 1.67. The number of rotatable bonds is 0. The van der Waals surface area contributed by atoms with Gasteiger partial charge in [-0.05, 0) is 0 Å². The van der Waals surface area contributed by atoms with Crippen LogP contribution in [0.2, 0.25) is 0 Å². The summed E-state index contributed by atoms with van der Waals surface area (Å²) in [5, 5.41) is 0.371. The van der Waals surface area contributed by atoms with Crippen molar-refractivity contribution in [3.63, 3.8) is 0 Å². The molecule has 0 saturated carbocycles. The van der Waals surface area contributed by atoms with Gasteiger partial charge >= 0.3 is 108 Å². The molecular weight excluding hydrogens is 303 g/mol. The average molecular weight is 310 g/mol. The number of nitrogens with zero attached hydrogens (tertiary/aromatic N) is 1. The van der Waals surface area contributed by atoms with Crippen LogP contribution in [0.1, 0.15) is 21.6 Å². The van der Waals surface area contributed by atoms with Gasteiger partial charge < -0.3 is 0 Å². The molecule has 90 valence electrons. The van der Waals surface area contributed by atoms with Crippen LogP contribution in [-0.4, -0.2) is 25.7 Å². The summed E-state index contributed by atoms with van der Waals surface area (Å²) in [5.74, 6) is -2.13. The predicted molar refractivity (Wildman–Crippen MR) is 63.1 cm³/mol. The average Bonchev–Trinajstić information content (AvgIpc) is 2.53. The molecule has 1 aromatic carbocycles. The first-order valence-electron chi connectivity index (χ1n) is 5.28. The summed E-state index contributed by atoms with van der Waals surface area (Å²) in [7, 11) is 0. The maximum absolute atomic E-state index is 13.7. The fourth-order valence-electron chi connectivity index (χ4n) is 1.90. The van der Waals surface area contributed by atoms with E-state index in [4.69, 9.17) is 0 Å². The number of benzene rings is 1. The molecule has 0 atom stereocenters. The fourth-order valence-corrected chi connectivity index (χ4v) is 4.08. The maximum atomic E-state index is 13.7. The van der Waals surface area contributed by atoms with Crippen LogP contribution < -0.4 is 4.46 Å². The Labute approximate surface area is 108 Å². The second kappa shape index (κ2) is 4.26. The molecule has 0 aliphatic carbocycles. The van der Waals surface area contributed by atoms with Crippen molar-refractivity contribution in [2.45, 2.75) is 5.32 Å². The molecule has 0 fully saturated rings. The Bertz CT molecular complexity index is 657.